The van der Waals surface area contributed by atoms with Crippen LogP contribution in [0.2, 0.25) is 0 Å². The topological polar surface area (TPSA) is 50.7 Å². The molecule has 0 fully saturated rings. The predicted molar refractivity (Wildman–Crippen MR) is 109 cm³/mol. The fraction of sp³-hybridized carbons (Fsp3) is 0.130. The standard InChI is InChI=1S/C23H22N2O2/c1-18(19-8-4-2-5-9-19)16-24-25-23(26)17-27-22-14-12-21(13-15-22)20-10-6-3-7-11-20/h2-16,18H,17H2,1H3,(H,25,26)/b24-16-/t18-/m1/s1. The van der Waals surface area contributed by atoms with Gasteiger partial charge in [0.15, 0.2) is 6.61 Å². The van der Waals surface area contributed by atoms with E-state index in [2.05, 4.69) is 22.7 Å². The second-order valence-corrected chi connectivity index (χ2v) is 6.19. The van der Waals surface area contributed by atoms with Crippen LogP contribution >= 0.6 is 0 Å². The maximum atomic E-state index is 11.9. The van der Waals surface area contributed by atoms with E-state index >= 15 is 0 Å². The molecule has 3 aromatic carbocycles. The molecule has 0 aliphatic carbocycles. The van der Waals surface area contributed by atoms with Gasteiger partial charge in [-0.05, 0) is 28.8 Å². The highest BCUT2D eigenvalue weighted by atomic mass is 16.5. The Labute approximate surface area is 159 Å². The van der Waals surface area contributed by atoms with Gasteiger partial charge >= 0.3 is 0 Å². The normalized spacial score (nSPS) is 11.9. The van der Waals surface area contributed by atoms with E-state index in [4.69, 9.17) is 4.74 Å². The van der Waals surface area contributed by atoms with Crippen molar-refractivity contribution in [2.45, 2.75) is 12.8 Å². The van der Waals surface area contributed by atoms with E-state index in [1.54, 1.807) is 6.21 Å². The average Bonchev–Trinajstić information content (AvgIpc) is 2.74. The molecular weight excluding hydrogens is 336 g/mol. The van der Waals surface area contributed by atoms with Crippen LogP contribution in [0.1, 0.15) is 18.4 Å². The molecule has 1 amide bonds. The second-order valence-electron chi connectivity index (χ2n) is 6.19. The van der Waals surface area contributed by atoms with Crippen LogP contribution in [0.4, 0.5) is 0 Å². The number of nitrogens with zero attached hydrogens (tertiary/aromatic N) is 1. The van der Waals surface area contributed by atoms with Gasteiger partial charge in [-0.1, -0.05) is 79.7 Å². The molecule has 4 nitrogen and oxygen atoms in total. The molecule has 0 bridgehead atoms. The Bertz CT molecular complexity index is 875. The van der Waals surface area contributed by atoms with Crippen LogP contribution in [0.5, 0.6) is 5.75 Å². The first kappa shape index (κ1) is 18.4. The Morgan fingerprint density at radius 1 is 0.926 bits per heavy atom. The summed E-state index contributed by atoms with van der Waals surface area (Å²) in [5.74, 6) is 0.475. The van der Waals surface area contributed by atoms with Gasteiger partial charge in [0.25, 0.3) is 5.91 Å². The Morgan fingerprint density at radius 2 is 1.52 bits per heavy atom. The van der Waals surface area contributed by atoms with E-state index in [0.717, 1.165) is 16.7 Å². The van der Waals surface area contributed by atoms with Crippen molar-refractivity contribution in [3.05, 3.63) is 90.5 Å². The van der Waals surface area contributed by atoms with Crippen LogP contribution < -0.4 is 10.2 Å². The maximum Gasteiger partial charge on any atom is 0.277 e. The summed E-state index contributed by atoms with van der Waals surface area (Å²) in [5, 5.41) is 4.01. The van der Waals surface area contributed by atoms with Gasteiger partial charge in [0.05, 0.1) is 0 Å². The number of carbonyl (C=O) groups is 1. The summed E-state index contributed by atoms with van der Waals surface area (Å²) in [5.41, 5.74) is 5.89. The van der Waals surface area contributed by atoms with Gasteiger partial charge in [-0.15, -0.1) is 0 Å². The molecule has 0 aromatic heterocycles. The number of amides is 1. The van der Waals surface area contributed by atoms with Crippen molar-refractivity contribution in [2.75, 3.05) is 6.61 Å². The lowest BCUT2D eigenvalue weighted by atomic mass is 10.0. The Morgan fingerprint density at radius 3 is 2.19 bits per heavy atom. The minimum atomic E-state index is -0.293. The van der Waals surface area contributed by atoms with Crippen molar-refractivity contribution in [2.24, 2.45) is 5.10 Å². The van der Waals surface area contributed by atoms with Crippen LogP contribution in [0.15, 0.2) is 90.0 Å². The summed E-state index contributed by atoms with van der Waals surface area (Å²) in [4.78, 5) is 11.9. The van der Waals surface area contributed by atoms with Crippen LogP contribution in [-0.2, 0) is 4.79 Å². The molecule has 4 heteroatoms. The Kier molecular flexibility index (Phi) is 6.36. The van der Waals surface area contributed by atoms with Gasteiger partial charge in [0.2, 0.25) is 0 Å². The van der Waals surface area contributed by atoms with E-state index in [0.29, 0.717) is 5.75 Å². The lowest BCUT2D eigenvalue weighted by molar-refractivity contribution is -0.123. The second kappa shape index (κ2) is 9.34. The highest BCUT2D eigenvalue weighted by Crippen LogP contribution is 2.21. The first-order chi connectivity index (χ1) is 13.2. The first-order valence-electron chi connectivity index (χ1n) is 8.87. The largest absolute Gasteiger partial charge is 0.484 e. The number of nitrogens with one attached hydrogen (secondary N) is 1. The Hall–Kier alpha value is -3.40. The van der Waals surface area contributed by atoms with Crippen molar-refractivity contribution in [1.82, 2.24) is 5.43 Å². The smallest absolute Gasteiger partial charge is 0.277 e. The highest BCUT2D eigenvalue weighted by molar-refractivity contribution is 5.79. The molecule has 0 unspecified atom stereocenters. The van der Waals surface area contributed by atoms with E-state index in [-0.39, 0.29) is 18.4 Å². The summed E-state index contributed by atoms with van der Waals surface area (Å²) in [6, 6.07) is 27.8. The minimum Gasteiger partial charge on any atom is -0.484 e. The third-order valence-corrected chi connectivity index (χ3v) is 4.14. The van der Waals surface area contributed by atoms with Crippen molar-refractivity contribution in [1.29, 1.82) is 0 Å². The quantitative estimate of drug-likeness (QED) is 0.494. The SMILES string of the molecule is C[C@H](/C=N\NC(=O)COc1ccc(-c2ccccc2)cc1)c1ccccc1. The lowest BCUT2D eigenvalue weighted by Crippen LogP contribution is -2.24. The molecule has 1 atom stereocenters. The summed E-state index contributed by atoms with van der Waals surface area (Å²) in [7, 11) is 0. The third kappa shape index (κ3) is 5.54. The van der Waals surface area contributed by atoms with E-state index < -0.39 is 0 Å². The van der Waals surface area contributed by atoms with E-state index in [9.17, 15) is 4.79 Å². The van der Waals surface area contributed by atoms with E-state index in [1.165, 1.54) is 0 Å². The monoisotopic (exact) mass is 358 g/mol. The molecule has 0 spiro atoms. The minimum absolute atomic E-state index is 0.0816. The molecule has 0 radical (unpaired) electrons. The number of ether oxygens (including phenoxy) is 1. The summed E-state index contributed by atoms with van der Waals surface area (Å²) in [6.45, 7) is 1.94. The first-order valence-corrected chi connectivity index (χ1v) is 8.87. The fourth-order valence-electron chi connectivity index (χ4n) is 2.62. The number of hydrogen-bond donors (Lipinski definition) is 1. The van der Waals surface area contributed by atoms with Crippen LogP contribution in [-0.4, -0.2) is 18.7 Å². The lowest BCUT2D eigenvalue weighted by Gasteiger charge is -2.07. The van der Waals surface area contributed by atoms with Crippen LogP contribution in [0, 0.1) is 0 Å². The number of rotatable bonds is 7. The van der Waals surface area contributed by atoms with Crippen molar-refractivity contribution >= 4 is 12.1 Å². The fourth-order valence-corrected chi connectivity index (χ4v) is 2.62. The molecule has 0 aliphatic rings. The molecule has 0 aliphatic heterocycles. The average molecular weight is 358 g/mol. The summed E-state index contributed by atoms with van der Waals surface area (Å²) < 4.78 is 5.51. The number of benzene rings is 3. The van der Waals surface area contributed by atoms with E-state index in [1.807, 2.05) is 79.7 Å². The van der Waals surface area contributed by atoms with Crippen molar-refractivity contribution < 1.29 is 9.53 Å². The third-order valence-electron chi connectivity index (χ3n) is 4.14. The molecule has 0 saturated carbocycles. The Balaban J connectivity index is 1.46. The van der Waals surface area contributed by atoms with Crippen LogP contribution in [0.3, 0.4) is 0 Å². The summed E-state index contributed by atoms with van der Waals surface area (Å²) >= 11 is 0. The molecular formula is C23H22N2O2. The molecule has 3 rings (SSSR count). The van der Waals surface area contributed by atoms with Gasteiger partial charge in [-0.25, -0.2) is 5.43 Å². The molecule has 1 N–H and O–H groups in total. The zero-order chi connectivity index (χ0) is 18.9. The number of carbonyl (C=O) groups excluding carboxylic acids is 1. The zero-order valence-electron chi connectivity index (χ0n) is 15.2. The van der Waals surface area contributed by atoms with Gasteiger partial charge in [0, 0.05) is 12.1 Å². The zero-order valence-corrected chi connectivity index (χ0v) is 15.2. The predicted octanol–water partition coefficient (Wildman–Crippen LogP) is 4.64. The summed E-state index contributed by atoms with van der Waals surface area (Å²) in [6.07, 6.45) is 1.71. The maximum absolute atomic E-state index is 11.9. The van der Waals surface area contributed by atoms with Gasteiger partial charge < -0.3 is 4.74 Å². The molecule has 27 heavy (non-hydrogen) atoms. The molecule has 0 saturated heterocycles. The van der Waals surface area contributed by atoms with Gasteiger partial charge in [-0.2, -0.15) is 5.10 Å². The molecule has 3 aromatic rings. The van der Waals surface area contributed by atoms with Crippen molar-refractivity contribution in [3.63, 3.8) is 0 Å². The van der Waals surface area contributed by atoms with Crippen molar-refractivity contribution in [3.8, 4) is 16.9 Å². The number of hydrazone groups is 1. The number of hydrogen-bond acceptors (Lipinski definition) is 3. The van der Waals surface area contributed by atoms with Gasteiger partial charge in [0.1, 0.15) is 5.75 Å². The molecule has 136 valence electrons. The molecule has 0 heterocycles. The van der Waals surface area contributed by atoms with Crippen LogP contribution in [0.25, 0.3) is 11.1 Å². The van der Waals surface area contributed by atoms with Gasteiger partial charge in [-0.3, -0.25) is 4.79 Å². The highest BCUT2D eigenvalue weighted by Gasteiger charge is 2.04.